The molecule has 0 amide bonds. The highest BCUT2D eigenvalue weighted by Crippen LogP contribution is 2.27. The Morgan fingerprint density at radius 1 is 0.929 bits per heavy atom. The maximum absolute atomic E-state index is 5.04. The van der Waals surface area contributed by atoms with Gasteiger partial charge in [0, 0.05) is 13.7 Å². The molecule has 1 aliphatic carbocycles. The van der Waals surface area contributed by atoms with Crippen LogP contribution in [0.15, 0.2) is 0 Å². The van der Waals surface area contributed by atoms with Gasteiger partial charge < -0.3 is 4.74 Å². The number of hydrogen-bond acceptors (Lipinski definition) is 1. The van der Waals surface area contributed by atoms with E-state index >= 15 is 0 Å². The van der Waals surface area contributed by atoms with Crippen LogP contribution < -0.4 is 0 Å². The average molecular weight is 198 g/mol. The smallest absolute Gasteiger partial charge is 0.0462 e. The number of methoxy groups -OCH3 is 1. The summed E-state index contributed by atoms with van der Waals surface area (Å²) in [7, 11) is 1.79. The van der Waals surface area contributed by atoms with Crippen LogP contribution in [-0.2, 0) is 4.74 Å². The molecule has 0 aromatic rings. The van der Waals surface area contributed by atoms with Crippen molar-refractivity contribution in [3.05, 3.63) is 0 Å². The molecule has 0 atom stereocenters. The average Bonchev–Trinajstić information content (AvgIpc) is 2.25. The Bertz CT molecular complexity index is 116. The van der Waals surface area contributed by atoms with Gasteiger partial charge in [0.25, 0.3) is 0 Å². The van der Waals surface area contributed by atoms with E-state index in [1.54, 1.807) is 7.11 Å². The lowest BCUT2D eigenvalue weighted by molar-refractivity contribution is 0.191. The lowest BCUT2D eigenvalue weighted by Gasteiger charge is -2.21. The summed E-state index contributed by atoms with van der Waals surface area (Å²) in [5, 5.41) is 0. The van der Waals surface area contributed by atoms with Crippen molar-refractivity contribution in [2.45, 2.75) is 64.2 Å². The summed E-state index contributed by atoms with van der Waals surface area (Å²) in [5.74, 6) is 1.08. The molecule has 1 aliphatic rings. The molecule has 0 heterocycles. The predicted octanol–water partition coefficient (Wildman–Crippen LogP) is 4.16. The fourth-order valence-electron chi connectivity index (χ4n) is 2.51. The zero-order valence-electron chi connectivity index (χ0n) is 9.76. The Hall–Kier alpha value is -0.0400. The number of unbranched alkanes of at least 4 members (excludes halogenated alkanes) is 3. The molecule has 1 saturated carbocycles. The zero-order chi connectivity index (χ0) is 10.1. The minimum Gasteiger partial charge on any atom is -0.385 e. The molecule has 1 nitrogen and oxygen atoms in total. The van der Waals surface area contributed by atoms with Crippen molar-refractivity contribution < 1.29 is 4.74 Å². The van der Waals surface area contributed by atoms with E-state index in [4.69, 9.17) is 4.74 Å². The van der Waals surface area contributed by atoms with E-state index in [-0.39, 0.29) is 0 Å². The molecule has 0 radical (unpaired) electrons. The van der Waals surface area contributed by atoms with Gasteiger partial charge in [-0.05, 0) is 12.3 Å². The molecular weight excluding hydrogens is 172 g/mol. The topological polar surface area (TPSA) is 9.23 Å². The first-order valence-electron chi connectivity index (χ1n) is 6.42. The van der Waals surface area contributed by atoms with E-state index in [9.17, 15) is 0 Å². The highest BCUT2D eigenvalue weighted by atomic mass is 16.5. The summed E-state index contributed by atoms with van der Waals surface area (Å²) in [6.45, 7) is 0.948. The highest BCUT2D eigenvalue weighted by Gasteiger charge is 2.12. The molecule has 0 unspecified atom stereocenters. The first-order valence-corrected chi connectivity index (χ1v) is 6.42. The van der Waals surface area contributed by atoms with Crippen LogP contribution in [-0.4, -0.2) is 13.7 Å². The lowest BCUT2D eigenvalue weighted by Crippen LogP contribution is -2.05. The van der Waals surface area contributed by atoms with E-state index in [2.05, 4.69) is 0 Å². The third kappa shape index (κ3) is 5.64. The lowest BCUT2D eigenvalue weighted by atomic mass is 9.85. The van der Waals surface area contributed by atoms with Crippen molar-refractivity contribution >= 4 is 0 Å². The molecule has 1 fully saturated rings. The molecule has 1 heteroatoms. The quantitative estimate of drug-likeness (QED) is 0.558. The van der Waals surface area contributed by atoms with E-state index in [1.165, 1.54) is 64.2 Å². The Balaban J connectivity index is 1.82. The van der Waals surface area contributed by atoms with Gasteiger partial charge in [0.05, 0.1) is 0 Å². The molecule has 0 bridgehead atoms. The van der Waals surface area contributed by atoms with E-state index < -0.39 is 0 Å². The van der Waals surface area contributed by atoms with Gasteiger partial charge in [-0.15, -0.1) is 0 Å². The van der Waals surface area contributed by atoms with E-state index in [0.717, 1.165) is 12.5 Å². The minimum absolute atomic E-state index is 0.948. The summed E-state index contributed by atoms with van der Waals surface area (Å²) in [4.78, 5) is 0. The van der Waals surface area contributed by atoms with Crippen LogP contribution in [0.4, 0.5) is 0 Å². The van der Waals surface area contributed by atoms with Crippen LogP contribution in [0.25, 0.3) is 0 Å². The Morgan fingerprint density at radius 3 is 2.36 bits per heavy atom. The largest absolute Gasteiger partial charge is 0.385 e. The molecule has 0 aromatic heterocycles. The fourth-order valence-corrected chi connectivity index (χ4v) is 2.51. The summed E-state index contributed by atoms with van der Waals surface area (Å²) >= 11 is 0. The summed E-state index contributed by atoms with van der Waals surface area (Å²) in [6.07, 6.45) is 14.5. The molecule has 0 saturated heterocycles. The number of hydrogen-bond donors (Lipinski definition) is 0. The normalized spacial score (nSPS) is 18.6. The van der Waals surface area contributed by atoms with Gasteiger partial charge in [-0.1, -0.05) is 57.8 Å². The standard InChI is InChI=1S/C13H26O/c1-14-12-8-3-2-5-9-13-10-6-4-7-11-13/h13H,2-12H2,1H3. The molecule has 84 valence electrons. The van der Waals surface area contributed by atoms with Gasteiger partial charge in [-0.2, -0.15) is 0 Å². The maximum atomic E-state index is 5.04. The van der Waals surface area contributed by atoms with Gasteiger partial charge in [0.2, 0.25) is 0 Å². The monoisotopic (exact) mass is 198 g/mol. The van der Waals surface area contributed by atoms with Crippen molar-refractivity contribution in [3.63, 3.8) is 0 Å². The first kappa shape index (κ1) is 12.0. The van der Waals surface area contributed by atoms with Crippen molar-refractivity contribution in [1.82, 2.24) is 0 Å². The minimum atomic E-state index is 0.948. The van der Waals surface area contributed by atoms with Crippen molar-refractivity contribution in [2.24, 2.45) is 5.92 Å². The molecule has 0 aromatic carbocycles. The highest BCUT2D eigenvalue weighted by molar-refractivity contribution is 4.65. The second kappa shape index (κ2) is 8.28. The second-order valence-electron chi connectivity index (χ2n) is 4.70. The Kier molecular flexibility index (Phi) is 7.12. The SMILES string of the molecule is COCCCCCCC1CCCCC1. The molecule has 0 spiro atoms. The molecular formula is C13H26O. The van der Waals surface area contributed by atoms with E-state index in [1.807, 2.05) is 0 Å². The van der Waals surface area contributed by atoms with Crippen LogP contribution in [0.5, 0.6) is 0 Å². The summed E-state index contributed by atoms with van der Waals surface area (Å²) < 4.78 is 5.04. The van der Waals surface area contributed by atoms with E-state index in [0.29, 0.717) is 0 Å². The first-order chi connectivity index (χ1) is 6.93. The van der Waals surface area contributed by atoms with Crippen LogP contribution in [0, 0.1) is 5.92 Å². The second-order valence-corrected chi connectivity index (χ2v) is 4.70. The van der Waals surface area contributed by atoms with Gasteiger partial charge >= 0.3 is 0 Å². The van der Waals surface area contributed by atoms with Gasteiger partial charge in [-0.3, -0.25) is 0 Å². The van der Waals surface area contributed by atoms with Crippen LogP contribution >= 0.6 is 0 Å². The molecule has 14 heavy (non-hydrogen) atoms. The third-order valence-corrected chi connectivity index (χ3v) is 3.44. The van der Waals surface area contributed by atoms with Crippen molar-refractivity contribution in [1.29, 1.82) is 0 Å². The zero-order valence-corrected chi connectivity index (χ0v) is 9.76. The summed E-state index contributed by atoms with van der Waals surface area (Å²) in [6, 6.07) is 0. The van der Waals surface area contributed by atoms with Gasteiger partial charge in [0.1, 0.15) is 0 Å². The predicted molar refractivity (Wildman–Crippen MR) is 61.5 cm³/mol. The molecule has 0 N–H and O–H groups in total. The number of rotatable bonds is 7. The van der Waals surface area contributed by atoms with Crippen LogP contribution in [0.1, 0.15) is 64.2 Å². The number of ether oxygens (including phenoxy) is 1. The van der Waals surface area contributed by atoms with Crippen LogP contribution in [0.2, 0.25) is 0 Å². The van der Waals surface area contributed by atoms with Gasteiger partial charge in [-0.25, -0.2) is 0 Å². The van der Waals surface area contributed by atoms with Crippen LogP contribution in [0.3, 0.4) is 0 Å². The molecule has 1 rings (SSSR count). The Labute approximate surface area is 89.2 Å². The fraction of sp³-hybridized carbons (Fsp3) is 1.00. The van der Waals surface area contributed by atoms with Crippen molar-refractivity contribution in [2.75, 3.05) is 13.7 Å². The van der Waals surface area contributed by atoms with Gasteiger partial charge in [0.15, 0.2) is 0 Å². The Morgan fingerprint density at radius 2 is 1.64 bits per heavy atom. The maximum Gasteiger partial charge on any atom is 0.0462 e. The summed E-state index contributed by atoms with van der Waals surface area (Å²) in [5.41, 5.74) is 0. The third-order valence-electron chi connectivity index (χ3n) is 3.44. The van der Waals surface area contributed by atoms with Crippen molar-refractivity contribution in [3.8, 4) is 0 Å². The molecule has 0 aliphatic heterocycles.